The smallest absolute Gasteiger partial charge is 0.331 e. The maximum atomic E-state index is 12.1. The topological polar surface area (TPSA) is 43.4 Å². The van der Waals surface area contributed by atoms with Crippen molar-refractivity contribution in [2.45, 2.75) is 63.9 Å². The van der Waals surface area contributed by atoms with Crippen LogP contribution in [0.2, 0.25) is 0 Å². The van der Waals surface area contributed by atoms with Crippen molar-refractivity contribution in [1.82, 2.24) is 0 Å². The van der Waals surface area contributed by atoms with E-state index in [2.05, 4.69) is 13.0 Å². The van der Waals surface area contributed by atoms with Crippen molar-refractivity contribution in [3.05, 3.63) is 23.3 Å². The van der Waals surface area contributed by atoms with Crippen molar-refractivity contribution in [2.75, 3.05) is 0 Å². The quantitative estimate of drug-likeness (QED) is 0.517. The van der Waals surface area contributed by atoms with Gasteiger partial charge in [-0.05, 0) is 80.1 Å². The maximum Gasteiger partial charge on any atom is 0.331 e. The summed E-state index contributed by atoms with van der Waals surface area (Å²) in [6, 6.07) is 0. The van der Waals surface area contributed by atoms with Crippen molar-refractivity contribution < 1.29 is 14.3 Å². The Morgan fingerprint density at radius 3 is 2.78 bits per heavy atom. The lowest BCUT2D eigenvalue weighted by molar-refractivity contribution is -0.170. The molecule has 0 aromatic heterocycles. The van der Waals surface area contributed by atoms with Crippen LogP contribution in [-0.4, -0.2) is 17.4 Å². The monoisotopic (exact) mass is 364 g/mol. The zero-order valence-corrected chi connectivity index (χ0v) is 16.1. The number of hydrogen-bond donors (Lipinski definition) is 0. The number of esters is 1. The number of ether oxygens (including phenoxy) is 1. The Morgan fingerprint density at radius 1 is 1.11 bits per heavy atom. The number of allylic oxidation sites excluding steroid dienone is 2. The molecule has 9 atom stereocenters. The third kappa shape index (κ3) is 1.60. The van der Waals surface area contributed by atoms with Crippen LogP contribution in [0.5, 0.6) is 0 Å². The zero-order valence-electron chi connectivity index (χ0n) is 16.1. The third-order valence-electron chi connectivity index (χ3n) is 10.1. The van der Waals surface area contributed by atoms with Crippen molar-refractivity contribution >= 4 is 11.8 Å². The molecular weight excluding hydrogens is 336 g/mol. The molecule has 0 radical (unpaired) electrons. The van der Waals surface area contributed by atoms with E-state index < -0.39 is 0 Å². The number of carbonyl (C=O) groups excluding carboxylic acids is 2. The minimum Gasteiger partial charge on any atom is -0.451 e. The first-order valence-electron chi connectivity index (χ1n) is 11.3. The summed E-state index contributed by atoms with van der Waals surface area (Å²) in [7, 11) is 0. The fraction of sp³-hybridized carbons (Fsp3) is 0.750. The highest BCUT2D eigenvalue weighted by Crippen LogP contribution is 2.80. The molecule has 4 fully saturated rings. The highest BCUT2D eigenvalue weighted by molar-refractivity contribution is 5.86. The summed E-state index contributed by atoms with van der Waals surface area (Å²) >= 11 is 0. The Morgan fingerprint density at radius 2 is 2.00 bits per heavy atom. The van der Waals surface area contributed by atoms with Crippen molar-refractivity contribution in [3.63, 3.8) is 0 Å². The summed E-state index contributed by atoms with van der Waals surface area (Å²) in [4.78, 5) is 24.2. The largest absolute Gasteiger partial charge is 0.451 e. The second kappa shape index (κ2) is 4.60. The van der Waals surface area contributed by atoms with E-state index in [1.807, 2.05) is 0 Å². The second-order valence-electron chi connectivity index (χ2n) is 10.6. The van der Waals surface area contributed by atoms with Gasteiger partial charge in [-0.3, -0.25) is 4.79 Å². The number of rotatable bonds is 1. The third-order valence-corrected chi connectivity index (χ3v) is 10.1. The SMILES string of the molecule is CC[C@]12CC[C@@H]3C4=C(CC(=O)CC4)[C@H]4C[C@H]4[C@H]3[C@@H]1[C@@H]1C[C@@H]1[C@@]21C=CC(=O)O1. The van der Waals surface area contributed by atoms with Crippen LogP contribution in [0.3, 0.4) is 0 Å². The van der Waals surface area contributed by atoms with E-state index in [9.17, 15) is 9.59 Å². The van der Waals surface area contributed by atoms with E-state index in [1.54, 1.807) is 17.2 Å². The van der Waals surface area contributed by atoms with Gasteiger partial charge in [-0.2, -0.15) is 0 Å². The van der Waals surface area contributed by atoms with Crippen LogP contribution in [0.25, 0.3) is 0 Å². The molecule has 3 nitrogen and oxygen atoms in total. The average molecular weight is 364 g/mol. The predicted octanol–water partition coefficient (Wildman–Crippen LogP) is 4.23. The molecular formula is C24H28O3. The van der Waals surface area contributed by atoms with E-state index >= 15 is 0 Å². The van der Waals surface area contributed by atoms with Gasteiger partial charge in [0.1, 0.15) is 11.4 Å². The van der Waals surface area contributed by atoms with Crippen molar-refractivity contribution in [1.29, 1.82) is 0 Å². The Kier molecular flexibility index (Phi) is 2.65. The average Bonchev–Trinajstić information content (AvgIpc) is 3.57. The molecule has 142 valence electrons. The van der Waals surface area contributed by atoms with Crippen LogP contribution in [0, 0.1) is 46.8 Å². The van der Waals surface area contributed by atoms with Crippen LogP contribution in [0.15, 0.2) is 23.3 Å². The van der Waals surface area contributed by atoms with Crippen LogP contribution < -0.4 is 0 Å². The molecule has 1 aliphatic heterocycles. The normalized spacial score (nSPS) is 56.3. The van der Waals surface area contributed by atoms with Crippen LogP contribution in [-0.2, 0) is 14.3 Å². The number of carbonyl (C=O) groups is 2. The van der Waals surface area contributed by atoms with Gasteiger partial charge >= 0.3 is 5.97 Å². The second-order valence-corrected chi connectivity index (χ2v) is 10.6. The molecule has 0 bridgehead atoms. The van der Waals surface area contributed by atoms with E-state index in [0.29, 0.717) is 17.6 Å². The number of hydrogen-bond acceptors (Lipinski definition) is 3. The number of fused-ring (bicyclic) bond motifs is 11. The van der Waals surface area contributed by atoms with Crippen molar-refractivity contribution in [2.24, 2.45) is 46.8 Å². The Hall–Kier alpha value is -1.38. The lowest BCUT2D eigenvalue weighted by Crippen LogP contribution is -2.55. The summed E-state index contributed by atoms with van der Waals surface area (Å²) in [6.07, 6.45) is 12.6. The minimum atomic E-state index is -0.291. The molecule has 0 amide bonds. The van der Waals surface area contributed by atoms with Gasteiger partial charge in [-0.25, -0.2) is 4.79 Å². The van der Waals surface area contributed by atoms with Gasteiger partial charge in [0.05, 0.1) is 0 Å². The van der Waals surface area contributed by atoms with E-state index in [1.165, 1.54) is 25.7 Å². The van der Waals surface area contributed by atoms with Gasteiger partial charge < -0.3 is 4.74 Å². The summed E-state index contributed by atoms with van der Waals surface area (Å²) in [5, 5.41) is 0. The molecule has 0 aromatic carbocycles. The molecule has 4 saturated carbocycles. The maximum absolute atomic E-state index is 12.1. The molecule has 1 spiro atoms. The lowest BCUT2D eigenvalue weighted by Gasteiger charge is -2.56. The summed E-state index contributed by atoms with van der Waals surface area (Å²) in [6.45, 7) is 2.34. The van der Waals surface area contributed by atoms with Gasteiger partial charge in [-0.15, -0.1) is 0 Å². The van der Waals surface area contributed by atoms with Crippen LogP contribution >= 0.6 is 0 Å². The molecule has 0 N–H and O–H groups in total. The highest BCUT2D eigenvalue weighted by Gasteiger charge is 2.80. The summed E-state index contributed by atoms with van der Waals surface area (Å²) in [5.41, 5.74) is 3.16. The number of ketones is 1. The first kappa shape index (κ1) is 15.5. The van der Waals surface area contributed by atoms with Crippen LogP contribution in [0.4, 0.5) is 0 Å². The van der Waals surface area contributed by atoms with E-state index in [0.717, 1.165) is 55.3 Å². The minimum absolute atomic E-state index is 0.111. The fourth-order valence-corrected chi connectivity index (χ4v) is 9.25. The molecule has 3 heteroatoms. The first-order chi connectivity index (χ1) is 13.1. The predicted molar refractivity (Wildman–Crippen MR) is 99.5 cm³/mol. The molecule has 7 aliphatic rings. The van der Waals surface area contributed by atoms with Gasteiger partial charge in [0.15, 0.2) is 0 Å². The van der Waals surface area contributed by atoms with E-state index in [4.69, 9.17) is 4.74 Å². The standard InChI is InChI=1S/C24H28O3/c1-2-23-7-5-14-13-4-3-12(25)9-15(13)16-10-17(16)21(14)22(23)18-11-19(18)24(23)8-6-20(26)27-24/h6,8,14,16-19,21-22H,2-5,7,9-11H2,1H3/t14-,16-,17-,18-,19+,21+,22+,23+,24+/m1/s1. The molecule has 6 aliphatic carbocycles. The molecule has 1 heterocycles. The van der Waals surface area contributed by atoms with Crippen LogP contribution in [0.1, 0.15) is 58.3 Å². The van der Waals surface area contributed by atoms with Crippen molar-refractivity contribution in [3.8, 4) is 0 Å². The van der Waals surface area contributed by atoms with Gasteiger partial charge in [0.25, 0.3) is 0 Å². The molecule has 0 aromatic rings. The Bertz CT molecular complexity index is 852. The fourth-order valence-electron chi connectivity index (χ4n) is 9.25. The Balaban J connectivity index is 1.34. The van der Waals surface area contributed by atoms with Gasteiger partial charge in [-0.1, -0.05) is 18.1 Å². The van der Waals surface area contributed by atoms with Gasteiger partial charge in [0, 0.05) is 30.3 Å². The number of Topliss-reactive ketones (excluding diaryl/α,β-unsaturated/α-hetero) is 1. The molecule has 27 heavy (non-hydrogen) atoms. The molecule has 0 unspecified atom stereocenters. The lowest BCUT2D eigenvalue weighted by atomic mass is 9.49. The summed E-state index contributed by atoms with van der Waals surface area (Å²) < 4.78 is 6.17. The zero-order chi connectivity index (χ0) is 18.1. The highest BCUT2D eigenvalue weighted by atomic mass is 16.6. The van der Waals surface area contributed by atoms with E-state index in [-0.39, 0.29) is 17.0 Å². The molecule has 0 saturated heterocycles. The Labute approximate surface area is 160 Å². The first-order valence-corrected chi connectivity index (χ1v) is 11.3. The van der Waals surface area contributed by atoms with Gasteiger partial charge in [0.2, 0.25) is 0 Å². The summed E-state index contributed by atoms with van der Waals surface area (Å²) in [5.74, 6) is 5.47. The molecule has 7 rings (SSSR count).